The summed E-state index contributed by atoms with van der Waals surface area (Å²) in [5.41, 5.74) is 3.56. The van der Waals surface area contributed by atoms with Crippen molar-refractivity contribution < 1.29 is 4.79 Å². The van der Waals surface area contributed by atoms with E-state index in [-0.39, 0.29) is 11.7 Å². The Labute approximate surface area is 134 Å². The highest BCUT2D eigenvalue weighted by molar-refractivity contribution is 5.85. The molecule has 1 heteroatoms. The smallest absolute Gasteiger partial charge is 0.144 e. The van der Waals surface area contributed by atoms with Crippen molar-refractivity contribution in [2.75, 3.05) is 0 Å². The number of rotatable bonds is 7. The third-order valence-electron chi connectivity index (χ3n) is 4.39. The van der Waals surface area contributed by atoms with Gasteiger partial charge in [0.05, 0.1) is 0 Å². The average Bonchev–Trinajstić information content (AvgIpc) is 3.02. The minimum atomic E-state index is -0.0466. The van der Waals surface area contributed by atoms with E-state index in [9.17, 15) is 4.79 Å². The zero-order valence-electron chi connectivity index (χ0n) is 13.7. The average molecular weight is 294 g/mol. The van der Waals surface area contributed by atoms with Crippen LogP contribution in [0.2, 0.25) is 0 Å². The van der Waals surface area contributed by atoms with Gasteiger partial charge in [-0.15, -0.1) is 6.58 Å². The molecule has 1 nitrogen and oxygen atoms in total. The number of hydrogen-bond acceptors (Lipinski definition) is 1. The molecule has 0 saturated heterocycles. The van der Waals surface area contributed by atoms with Gasteiger partial charge in [0.2, 0.25) is 0 Å². The monoisotopic (exact) mass is 294 g/mol. The Morgan fingerprint density at radius 1 is 1.45 bits per heavy atom. The molecule has 116 valence electrons. The molecule has 1 aromatic rings. The molecule has 0 bridgehead atoms. The summed E-state index contributed by atoms with van der Waals surface area (Å²) in [4.78, 5) is 12.6. The fraction of sp³-hybridized carbons (Fsp3) is 0.381. The first kappa shape index (κ1) is 16.5. The summed E-state index contributed by atoms with van der Waals surface area (Å²) < 4.78 is 0. The lowest BCUT2D eigenvalue weighted by atomic mass is 9.85. The van der Waals surface area contributed by atoms with Crippen LogP contribution in [0.5, 0.6) is 0 Å². The van der Waals surface area contributed by atoms with E-state index in [0.29, 0.717) is 12.3 Å². The second kappa shape index (κ2) is 7.93. The van der Waals surface area contributed by atoms with Crippen LogP contribution in [0.15, 0.2) is 49.1 Å². The zero-order valence-corrected chi connectivity index (χ0v) is 13.7. The third kappa shape index (κ3) is 4.07. The molecule has 0 aliphatic heterocycles. The molecule has 2 rings (SSSR count). The lowest BCUT2D eigenvalue weighted by Crippen LogP contribution is -2.21. The Hall–Kier alpha value is -1.89. The molecule has 0 amide bonds. The molecule has 2 unspecified atom stereocenters. The molecule has 1 aromatic carbocycles. The maximum atomic E-state index is 12.6. The van der Waals surface area contributed by atoms with Crippen LogP contribution in [0.4, 0.5) is 0 Å². The molecule has 1 aliphatic carbocycles. The zero-order chi connectivity index (χ0) is 15.9. The molecule has 0 saturated carbocycles. The quantitative estimate of drug-likeness (QED) is 0.624. The molecule has 22 heavy (non-hydrogen) atoms. The topological polar surface area (TPSA) is 17.1 Å². The van der Waals surface area contributed by atoms with E-state index >= 15 is 0 Å². The van der Waals surface area contributed by atoms with E-state index in [2.05, 4.69) is 62.9 Å². The van der Waals surface area contributed by atoms with Crippen LogP contribution < -0.4 is 0 Å². The maximum absolute atomic E-state index is 12.6. The van der Waals surface area contributed by atoms with Crippen LogP contribution in [0.25, 0.3) is 6.08 Å². The van der Waals surface area contributed by atoms with Gasteiger partial charge in [-0.25, -0.2) is 0 Å². The Morgan fingerprint density at radius 2 is 2.27 bits per heavy atom. The molecular weight excluding hydrogens is 268 g/mol. The second-order valence-corrected chi connectivity index (χ2v) is 6.08. The fourth-order valence-corrected chi connectivity index (χ4v) is 3.04. The summed E-state index contributed by atoms with van der Waals surface area (Å²) in [5.74, 6) is 0.574. The van der Waals surface area contributed by atoms with Crippen molar-refractivity contribution in [2.45, 2.75) is 39.5 Å². The number of aryl methyl sites for hydroxylation is 1. The predicted octanol–water partition coefficient (Wildman–Crippen LogP) is 5.30. The van der Waals surface area contributed by atoms with Crippen LogP contribution in [0, 0.1) is 18.8 Å². The van der Waals surface area contributed by atoms with E-state index in [0.717, 1.165) is 24.8 Å². The summed E-state index contributed by atoms with van der Waals surface area (Å²) in [5, 5.41) is 0. The third-order valence-corrected chi connectivity index (χ3v) is 4.39. The van der Waals surface area contributed by atoms with E-state index in [4.69, 9.17) is 0 Å². The van der Waals surface area contributed by atoms with Crippen LogP contribution in [0.1, 0.15) is 42.9 Å². The summed E-state index contributed by atoms with van der Waals surface area (Å²) in [7, 11) is 0. The van der Waals surface area contributed by atoms with E-state index < -0.39 is 0 Å². The van der Waals surface area contributed by atoms with Gasteiger partial charge in [0.15, 0.2) is 0 Å². The molecule has 0 aromatic heterocycles. The molecule has 0 spiro atoms. The van der Waals surface area contributed by atoms with Crippen LogP contribution in [0.3, 0.4) is 0 Å². The van der Waals surface area contributed by atoms with Gasteiger partial charge in [-0.05, 0) is 48.8 Å². The highest BCUT2D eigenvalue weighted by atomic mass is 16.1. The van der Waals surface area contributed by atoms with Gasteiger partial charge in [-0.2, -0.15) is 0 Å². The lowest BCUT2D eigenvalue weighted by molar-refractivity contribution is -0.121. The Balaban J connectivity index is 2.11. The summed E-state index contributed by atoms with van der Waals surface area (Å²) in [6, 6.07) is 6.32. The summed E-state index contributed by atoms with van der Waals surface area (Å²) in [6.07, 6.45) is 14.2. The largest absolute Gasteiger partial charge is 0.299 e. The molecule has 0 heterocycles. The first-order chi connectivity index (χ1) is 10.7. The number of ketones is 1. The SMILES string of the molecule is C=CC(C(=O)Cc1ccc(C)c(/C=C\CC)c1)C1C=CCC1. The second-order valence-electron chi connectivity index (χ2n) is 6.08. The molecule has 0 radical (unpaired) electrons. The van der Waals surface area contributed by atoms with Gasteiger partial charge >= 0.3 is 0 Å². The van der Waals surface area contributed by atoms with Gasteiger partial charge < -0.3 is 0 Å². The number of benzene rings is 1. The van der Waals surface area contributed by atoms with Crippen molar-refractivity contribution in [1.82, 2.24) is 0 Å². The molecule has 0 N–H and O–H groups in total. The van der Waals surface area contributed by atoms with E-state index in [1.54, 1.807) is 0 Å². The molecule has 1 aliphatic rings. The maximum Gasteiger partial charge on any atom is 0.144 e. The minimum Gasteiger partial charge on any atom is -0.299 e. The van der Waals surface area contributed by atoms with Crippen molar-refractivity contribution in [1.29, 1.82) is 0 Å². The normalized spacial score (nSPS) is 18.7. The minimum absolute atomic E-state index is 0.0466. The van der Waals surface area contributed by atoms with E-state index in [1.807, 2.05) is 6.08 Å². The summed E-state index contributed by atoms with van der Waals surface area (Å²) >= 11 is 0. The number of hydrogen-bond donors (Lipinski definition) is 0. The van der Waals surface area contributed by atoms with Crippen LogP contribution in [-0.4, -0.2) is 5.78 Å². The Morgan fingerprint density at radius 3 is 2.91 bits per heavy atom. The number of carbonyl (C=O) groups excluding carboxylic acids is 1. The standard InChI is InChI=1S/C21H26O/c1-4-6-9-19-14-17(13-12-16(19)3)15-21(22)20(5-2)18-10-7-8-11-18/h5-7,9-10,12-14,18,20H,2,4,8,11,15H2,1,3H3/b9-6-. The van der Waals surface area contributed by atoms with Crippen molar-refractivity contribution in [2.24, 2.45) is 11.8 Å². The highest BCUT2D eigenvalue weighted by Crippen LogP contribution is 2.28. The fourth-order valence-electron chi connectivity index (χ4n) is 3.04. The number of Topliss-reactive ketones (excluding diaryl/α,β-unsaturated/α-hetero) is 1. The van der Waals surface area contributed by atoms with Crippen LogP contribution in [-0.2, 0) is 11.2 Å². The molecule has 0 fully saturated rings. The highest BCUT2D eigenvalue weighted by Gasteiger charge is 2.25. The van der Waals surface area contributed by atoms with Gasteiger partial charge in [0.25, 0.3) is 0 Å². The lowest BCUT2D eigenvalue weighted by Gasteiger charge is -2.17. The predicted molar refractivity (Wildman–Crippen MR) is 94.8 cm³/mol. The van der Waals surface area contributed by atoms with Gasteiger partial charge in [-0.1, -0.05) is 55.5 Å². The number of carbonyl (C=O) groups is 1. The molecule has 2 atom stereocenters. The first-order valence-corrected chi connectivity index (χ1v) is 8.23. The van der Waals surface area contributed by atoms with Crippen molar-refractivity contribution in [3.63, 3.8) is 0 Å². The first-order valence-electron chi connectivity index (χ1n) is 8.23. The Bertz CT molecular complexity index is 592. The van der Waals surface area contributed by atoms with Crippen molar-refractivity contribution in [3.8, 4) is 0 Å². The van der Waals surface area contributed by atoms with Gasteiger partial charge in [0, 0.05) is 12.3 Å². The van der Waals surface area contributed by atoms with Crippen LogP contribution >= 0.6 is 0 Å². The summed E-state index contributed by atoms with van der Waals surface area (Å²) in [6.45, 7) is 8.11. The van der Waals surface area contributed by atoms with E-state index in [1.165, 1.54) is 11.1 Å². The van der Waals surface area contributed by atoms with Crippen molar-refractivity contribution in [3.05, 3.63) is 65.8 Å². The molecular formula is C21H26O. The van der Waals surface area contributed by atoms with Gasteiger partial charge in [0.1, 0.15) is 5.78 Å². The number of allylic oxidation sites excluding steroid dienone is 4. The van der Waals surface area contributed by atoms with Crippen molar-refractivity contribution >= 4 is 11.9 Å². The van der Waals surface area contributed by atoms with Gasteiger partial charge in [-0.3, -0.25) is 4.79 Å². The Kier molecular flexibility index (Phi) is 5.94.